The number of aromatic nitrogens is 6. The van der Waals surface area contributed by atoms with E-state index in [1.54, 1.807) is 47.9 Å². The van der Waals surface area contributed by atoms with Gasteiger partial charge in [0.05, 0.1) is 12.6 Å². The molecule has 1 atom stereocenters. The third-order valence-corrected chi connectivity index (χ3v) is 4.24. The van der Waals surface area contributed by atoms with Gasteiger partial charge in [-0.05, 0) is 25.0 Å². The molecule has 1 fully saturated rings. The Labute approximate surface area is 138 Å². The molecule has 122 valence electrons. The van der Waals surface area contributed by atoms with E-state index in [1.807, 2.05) is 6.07 Å². The van der Waals surface area contributed by atoms with Gasteiger partial charge in [0.25, 0.3) is 5.56 Å². The number of rotatable bonds is 4. The maximum atomic E-state index is 12.2. The summed E-state index contributed by atoms with van der Waals surface area (Å²) in [7, 11) is 0. The Balaban J connectivity index is 1.60. The largest absolute Gasteiger partial charge is 0.352 e. The number of hydrogen-bond donors (Lipinski definition) is 0. The van der Waals surface area contributed by atoms with Crippen LogP contribution >= 0.6 is 0 Å². The van der Waals surface area contributed by atoms with E-state index in [4.69, 9.17) is 0 Å². The van der Waals surface area contributed by atoms with Gasteiger partial charge in [-0.1, -0.05) is 0 Å². The van der Waals surface area contributed by atoms with Gasteiger partial charge in [-0.15, -0.1) is 0 Å². The van der Waals surface area contributed by atoms with Crippen molar-refractivity contribution in [1.82, 2.24) is 29.3 Å². The van der Waals surface area contributed by atoms with Gasteiger partial charge in [0, 0.05) is 31.2 Å². The number of hydrogen-bond acceptors (Lipinski definition) is 6. The summed E-state index contributed by atoms with van der Waals surface area (Å²) in [5.41, 5.74) is -0.103. The van der Waals surface area contributed by atoms with Crippen LogP contribution in [0.5, 0.6) is 0 Å². The summed E-state index contributed by atoms with van der Waals surface area (Å²) in [5.74, 6) is 1.57. The van der Waals surface area contributed by atoms with Gasteiger partial charge in [0.15, 0.2) is 5.82 Å². The average molecular weight is 323 g/mol. The van der Waals surface area contributed by atoms with Crippen LogP contribution in [0.25, 0.3) is 5.82 Å². The average Bonchev–Trinajstić information content (AvgIpc) is 3.29. The van der Waals surface area contributed by atoms with E-state index in [0.717, 1.165) is 25.2 Å². The zero-order chi connectivity index (χ0) is 16.4. The topological polar surface area (TPSA) is 81.7 Å². The van der Waals surface area contributed by atoms with Crippen molar-refractivity contribution in [2.24, 2.45) is 0 Å². The fourth-order valence-corrected chi connectivity index (χ4v) is 3.08. The third kappa shape index (κ3) is 2.78. The van der Waals surface area contributed by atoms with Crippen LogP contribution in [0.15, 0.2) is 54.2 Å². The number of anilines is 1. The monoisotopic (exact) mass is 323 g/mol. The van der Waals surface area contributed by atoms with E-state index in [2.05, 4.69) is 25.0 Å². The first kappa shape index (κ1) is 14.6. The Bertz CT molecular complexity index is 860. The van der Waals surface area contributed by atoms with E-state index >= 15 is 0 Å². The molecular weight excluding hydrogens is 306 g/mol. The Morgan fingerprint density at radius 1 is 1.12 bits per heavy atom. The summed E-state index contributed by atoms with van der Waals surface area (Å²) in [5, 5.41) is 4.47. The summed E-state index contributed by atoms with van der Waals surface area (Å²) in [6.07, 6.45) is 10.5. The van der Waals surface area contributed by atoms with E-state index in [0.29, 0.717) is 12.4 Å². The molecule has 0 saturated carbocycles. The quantitative estimate of drug-likeness (QED) is 0.709. The zero-order valence-corrected chi connectivity index (χ0v) is 13.1. The molecule has 4 rings (SSSR count). The Morgan fingerprint density at radius 3 is 2.88 bits per heavy atom. The molecule has 0 aromatic carbocycles. The molecule has 3 aromatic rings. The molecule has 4 heterocycles. The summed E-state index contributed by atoms with van der Waals surface area (Å²) in [6, 6.07) is 5.35. The van der Waals surface area contributed by atoms with Crippen LogP contribution < -0.4 is 10.5 Å². The normalized spacial score (nSPS) is 17.3. The molecular formula is C16H17N7O. The highest BCUT2D eigenvalue weighted by Crippen LogP contribution is 2.23. The Kier molecular flexibility index (Phi) is 3.78. The third-order valence-electron chi connectivity index (χ3n) is 4.24. The second-order valence-electron chi connectivity index (χ2n) is 5.74. The van der Waals surface area contributed by atoms with E-state index in [-0.39, 0.29) is 11.6 Å². The fourth-order valence-electron chi connectivity index (χ4n) is 3.08. The standard InChI is InChI=1S/C16H17N7O/c24-16-4-3-15(21-9-7-18-12-21)20-23(16)10-13-2-1-8-22(13)14-5-6-17-11-19-14/h3-7,9,11-13H,1-2,8,10H2. The van der Waals surface area contributed by atoms with Crippen LogP contribution in [-0.4, -0.2) is 41.9 Å². The summed E-state index contributed by atoms with van der Waals surface area (Å²) < 4.78 is 3.31. The van der Waals surface area contributed by atoms with Gasteiger partial charge in [-0.3, -0.25) is 9.36 Å². The predicted molar refractivity (Wildman–Crippen MR) is 88.0 cm³/mol. The lowest BCUT2D eigenvalue weighted by Crippen LogP contribution is -2.37. The molecule has 0 radical (unpaired) electrons. The van der Waals surface area contributed by atoms with E-state index in [9.17, 15) is 4.79 Å². The molecule has 0 spiro atoms. The maximum Gasteiger partial charge on any atom is 0.266 e. The van der Waals surface area contributed by atoms with Crippen molar-refractivity contribution in [2.45, 2.75) is 25.4 Å². The summed E-state index contributed by atoms with van der Waals surface area (Å²) in [6.45, 7) is 1.46. The van der Waals surface area contributed by atoms with Crippen LogP contribution in [0.4, 0.5) is 5.82 Å². The van der Waals surface area contributed by atoms with Crippen molar-refractivity contribution < 1.29 is 0 Å². The molecule has 0 bridgehead atoms. The lowest BCUT2D eigenvalue weighted by Gasteiger charge is -2.25. The minimum atomic E-state index is -0.103. The van der Waals surface area contributed by atoms with E-state index in [1.165, 1.54) is 4.68 Å². The molecule has 1 aliphatic rings. The van der Waals surface area contributed by atoms with Crippen molar-refractivity contribution in [3.05, 3.63) is 59.8 Å². The van der Waals surface area contributed by atoms with Crippen LogP contribution in [0.1, 0.15) is 12.8 Å². The van der Waals surface area contributed by atoms with Gasteiger partial charge in [0.1, 0.15) is 18.5 Å². The minimum absolute atomic E-state index is 0.103. The molecule has 1 saturated heterocycles. The molecule has 0 N–H and O–H groups in total. The second kappa shape index (κ2) is 6.23. The molecule has 3 aromatic heterocycles. The van der Waals surface area contributed by atoms with Gasteiger partial charge < -0.3 is 4.90 Å². The van der Waals surface area contributed by atoms with Crippen molar-refractivity contribution in [2.75, 3.05) is 11.4 Å². The highest BCUT2D eigenvalue weighted by Gasteiger charge is 2.26. The predicted octanol–water partition coefficient (Wildman–Crippen LogP) is 0.888. The first-order chi connectivity index (χ1) is 11.8. The lowest BCUT2D eigenvalue weighted by molar-refractivity contribution is 0.484. The molecule has 0 amide bonds. The number of nitrogens with zero attached hydrogens (tertiary/aromatic N) is 7. The van der Waals surface area contributed by atoms with Crippen LogP contribution in [0, 0.1) is 0 Å². The molecule has 0 aliphatic carbocycles. The Hall–Kier alpha value is -3.03. The summed E-state index contributed by atoms with van der Waals surface area (Å²) >= 11 is 0. The van der Waals surface area contributed by atoms with E-state index < -0.39 is 0 Å². The van der Waals surface area contributed by atoms with Crippen molar-refractivity contribution in [3.8, 4) is 5.82 Å². The van der Waals surface area contributed by atoms with Crippen LogP contribution in [0.2, 0.25) is 0 Å². The molecule has 24 heavy (non-hydrogen) atoms. The minimum Gasteiger partial charge on any atom is -0.352 e. The maximum absolute atomic E-state index is 12.2. The zero-order valence-electron chi connectivity index (χ0n) is 13.1. The van der Waals surface area contributed by atoms with Crippen molar-refractivity contribution in [1.29, 1.82) is 0 Å². The van der Waals surface area contributed by atoms with Crippen LogP contribution in [0.3, 0.4) is 0 Å². The molecule has 8 nitrogen and oxygen atoms in total. The van der Waals surface area contributed by atoms with Gasteiger partial charge in [-0.2, -0.15) is 5.10 Å². The lowest BCUT2D eigenvalue weighted by atomic mass is 10.2. The smallest absolute Gasteiger partial charge is 0.266 e. The molecule has 8 heteroatoms. The summed E-state index contributed by atoms with van der Waals surface area (Å²) in [4.78, 5) is 26.7. The van der Waals surface area contributed by atoms with Gasteiger partial charge >= 0.3 is 0 Å². The van der Waals surface area contributed by atoms with Gasteiger partial charge in [0.2, 0.25) is 0 Å². The van der Waals surface area contributed by atoms with Crippen molar-refractivity contribution >= 4 is 5.82 Å². The second-order valence-corrected chi connectivity index (χ2v) is 5.74. The number of imidazole rings is 1. The van der Waals surface area contributed by atoms with Gasteiger partial charge in [-0.25, -0.2) is 19.6 Å². The fraction of sp³-hybridized carbons (Fsp3) is 0.312. The first-order valence-electron chi connectivity index (χ1n) is 7.90. The van der Waals surface area contributed by atoms with Crippen molar-refractivity contribution in [3.63, 3.8) is 0 Å². The van der Waals surface area contributed by atoms with Crippen LogP contribution in [-0.2, 0) is 6.54 Å². The molecule has 1 aliphatic heterocycles. The first-order valence-corrected chi connectivity index (χ1v) is 7.90. The highest BCUT2D eigenvalue weighted by molar-refractivity contribution is 5.39. The SMILES string of the molecule is O=c1ccc(-n2ccnc2)nn1CC1CCCN1c1ccncn1. The highest BCUT2D eigenvalue weighted by atomic mass is 16.1. The molecule has 1 unspecified atom stereocenters. The Morgan fingerprint density at radius 2 is 2.08 bits per heavy atom.